The first-order valence-corrected chi connectivity index (χ1v) is 6.40. The van der Waals surface area contributed by atoms with Gasteiger partial charge in [0.25, 0.3) is 0 Å². The van der Waals surface area contributed by atoms with Gasteiger partial charge in [-0.2, -0.15) is 0 Å². The van der Waals surface area contributed by atoms with Crippen molar-refractivity contribution in [1.82, 2.24) is 5.32 Å². The Hall–Kier alpha value is -2.37. The van der Waals surface area contributed by atoms with Crippen LogP contribution in [0.15, 0.2) is 24.3 Å². The second kappa shape index (κ2) is 7.42. The van der Waals surface area contributed by atoms with Crippen molar-refractivity contribution in [2.24, 2.45) is 5.92 Å². The monoisotopic (exact) mass is 295 g/mol. The number of ether oxygens (including phenoxy) is 1. The number of nitrogens with one attached hydrogen (secondary N) is 1. The zero-order valence-electron chi connectivity index (χ0n) is 12.1. The average Bonchev–Trinajstić information content (AvgIpc) is 2.44. The first-order valence-electron chi connectivity index (χ1n) is 6.40. The number of carbonyl (C=O) groups excluding carboxylic acids is 1. The van der Waals surface area contributed by atoms with E-state index in [9.17, 15) is 14.0 Å². The van der Waals surface area contributed by atoms with Crippen molar-refractivity contribution in [2.75, 3.05) is 7.11 Å². The van der Waals surface area contributed by atoms with Crippen LogP contribution in [0.1, 0.15) is 19.4 Å². The molecule has 1 aromatic rings. The van der Waals surface area contributed by atoms with Gasteiger partial charge in [-0.25, -0.2) is 4.39 Å². The number of hydrogen-bond donors (Lipinski definition) is 2. The summed E-state index contributed by atoms with van der Waals surface area (Å²) in [5.74, 6) is -2.51. The number of carbonyl (C=O) groups is 2. The van der Waals surface area contributed by atoms with Crippen molar-refractivity contribution < 1.29 is 23.8 Å². The highest BCUT2D eigenvalue weighted by atomic mass is 19.1. The second-order valence-corrected chi connectivity index (χ2v) is 4.65. The number of halogens is 1. The predicted octanol–water partition coefficient (Wildman–Crippen LogP) is 2.07. The lowest BCUT2D eigenvalue weighted by Crippen LogP contribution is -2.39. The molecule has 2 atom stereocenters. The first kappa shape index (κ1) is 16.7. The average molecular weight is 295 g/mol. The molecule has 0 spiro atoms. The maximum atomic E-state index is 13.5. The highest BCUT2D eigenvalue weighted by molar-refractivity contribution is 5.92. The molecule has 1 rings (SSSR count). The largest absolute Gasteiger partial charge is 0.494 e. The van der Waals surface area contributed by atoms with Gasteiger partial charge in [-0.1, -0.05) is 6.07 Å². The van der Waals surface area contributed by atoms with Gasteiger partial charge >= 0.3 is 5.97 Å². The van der Waals surface area contributed by atoms with Crippen LogP contribution in [0.25, 0.3) is 6.08 Å². The summed E-state index contributed by atoms with van der Waals surface area (Å²) in [6.45, 7) is 3.12. The van der Waals surface area contributed by atoms with Crippen molar-refractivity contribution in [3.05, 3.63) is 35.7 Å². The standard InChI is InChI=1S/C15H18FNO4/c1-9(15(19)20)10(2)17-14(18)7-5-11-4-6-13(21-3)12(16)8-11/h4-10H,1-3H3,(H,17,18)(H,19,20)/b7-5+. The third-order valence-electron chi connectivity index (χ3n) is 3.11. The van der Waals surface area contributed by atoms with E-state index < -0.39 is 29.7 Å². The molecule has 0 heterocycles. The summed E-state index contributed by atoms with van der Waals surface area (Å²) in [5.41, 5.74) is 0.502. The minimum Gasteiger partial charge on any atom is -0.494 e. The smallest absolute Gasteiger partial charge is 0.308 e. The molecule has 21 heavy (non-hydrogen) atoms. The topological polar surface area (TPSA) is 75.6 Å². The SMILES string of the molecule is COc1ccc(/C=C/C(=O)NC(C)C(C)C(=O)O)cc1F. The number of amides is 1. The fraction of sp³-hybridized carbons (Fsp3) is 0.333. The molecular formula is C15H18FNO4. The van der Waals surface area contributed by atoms with Crippen LogP contribution in [0.2, 0.25) is 0 Å². The number of aliphatic carboxylic acids is 1. The van der Waals surface area contributed by atoms with Crippen LogP contribution >= 0.6 is 0 Å². The number of rotatable bonds is 6. The quantitative estimate of drug-likeness (QED) is 0.788. The number of carboxylic acid groups (broad SMARTS) is 1. The maximum absolute atomic E-state index is 13.5. The minimum absolute atomic E-state index is 0.125. The zero-order chi connectivity index (χ0) is 16.0. The molecule has 0 aromatic heterocycles. The van der Waals surface area contributed by atoms with Crippen LogP contribution < -0.4 is 10.1 Å². The van der Waals surface area contributed by atoms with Gasteiger partial charge in [-0.3, -0.25) is 9.59 Å². The number of hydrogen-bond acceptors (Lipinski definition) is 3. The summed E-state index contributed by atoms with van der Waals surface area (Å²) in [7, 11) is 1.37. The molecule has 114 valence electrons. The van der Waals surface area contributed by atoms with Crippen LogP contribution in [-0.4, -0.2) is 30.1 Å². The molecule has 2 unspecified atom stereocenters. The van der Waals surface area contributed by atoms with Crippen LogP contribution in [0, 0.1) is 11.7 Å². The van der Waals surface area contributed by atoms with Gasteiger partial charge in [0, 0.05) is 12.1 Å². The maximum Gasteiger partial charge on any atom is 0.308 e. The summed E-state index contributed by atoms with van der Waals surface area (Å²) >= 11 is 0. The van der Waals surface area contributed by atoms with Crippen molar-refractivity contribution >= 4 is 18.0 Å². The third-order valence-corrected chi connectivity index (χ3v) is 3.11. The molecule has 0 aliphatic rings. The van der Waals surface area contributed by atoms with E-state index in [0.717, 1.165) is 0 Å². The number of methoxy groups -OCH3 is 1. The molecule has 5 nitrogen and oxygen atoms in total. The van der Waals surface area contributed by atoms with Gasteiger partial charge in [0.05, 0.1) is 13.0 Å². The Morgan fingerprint density at radius 1 is 1.38 bits per heavy atom. The molecule has 0 saturated heterocycles. The summed E-state index contributed by atoms with van der Waals surface area (Å²) in [6.07, 6.45) is 2.67. The zero-order valence-corrected chi connectivity index (χ0v) is 12.1. The molecule has 0 aliphatic heterocycles. The summed E-state index contributed by atoms with van der Waals surface area (Å²) < 4.78 is 18.2. The van der Waals surface area contributed by atoms with E-state index in [-0.39, 0.29) is 5.75 Å². The van der Waals surface area contributed by atoms with Crippen LogP contribution in [-0.2, 0) is 9.59 Å². The molecule has 0 fully saturated rings. The Bertz CT molecular complexity index is 557. The Labute approximate surface area is 122 Å². The lowest BCUT2D eigenvalue weighted by atomic mass is 10.0. The predicted molar refractivity (Wildman–Crippen MR) is 76.4 cm³/mol. The fourth-order valence-corrected chi connectivity index (χ4v) is 1.57. The van der Waals surface area contributed by atoms with Gasteiger partial charge in [0.2, 0.25) is 5.91 Å². The van der Waals surface area contributed by atoms with E-state index in [1.165, 1.54) is 38.3 Å². The minimum atomic E-state index is -0.982. The molecule has 2 N–H and O–H groups in total. The molecular weight excluding hydrogens is 277 g/mol. The van der Waals surface area contributed by atoms with E-state index >= 15 is 0 Å². The lowest BCUT2D eigenvalue weighted by molar-refractivity contribution is -0.142. The number of carboxylic acids is 1. The molecule has 1 aromatic carbocycles. The fourth-order valence-electron chi connectivity index (χ4n) is 1.57. The summed E-state index contributed by atoms with van der Waals surface area (Å²) in [4.78, 5) is 22.4. The molecule has 6 heteroatoms. The van der Waals surface area contributed by atoms with Crippen molar-refractivity contribution in [1.29, 1.82) is 0 Å². The molecule has 0 aliphatic carbocycles. The lowest BCUT2D eigenvalue weighted by Gasteiger charge is -2.16. The highest BCUT2D eigenvalue weighted by Crippen LogP contribution is 2.18. The Kier molecular flexibility index (Phi) is 5.90. The Balaban J connectivity index is 2.66. The van der Waals surface area contributed by atoms with Gasteiger partial charge < -0.3 is 15.2 Å². The van der Waals surface area contributed by atoms with E-state index in [4.69, 9.17) is 9.84 Å². The van der Waals surface area contributed by atoms with E-state index in [1.54, 1.807) is 13.0 Å². The Morgan fingerprint density at radius 2 is 2.05 bits per heavy atom. The summed E-state index contributed by atoms with van der Waals surface area (Å²) in [6, 6.07) is 3.80. The van der Waals surface area contributed by atoms with Crippen molar-refractivity contribution in [3.8, 4) is 5.75 Å². The van der Waals surface area contributed by atoms with Gasteiger partial charge in [0.1, 0.15) is 0 Å². The number of benzene rings is 1. The van der Waals surface area contributed by atoms with Gasteiger partial charge in [-0.15, -0.1) is 0 Å². The van der Waals surface area contributed by atoms with Crippen molar-refractivity contribution in [2.45, 2.75) is 19.9 Å². The van der Waals surface area contributed by atoms with Gasteiger partial charge in [-0.05, 0) is 37.6 Å². The summed E-state index contributed by atoms with van der Waals surface area (Å²) in [5, 5.41) is 11.4. The second-order valence-electron chi connectivity index (χ2n) is 4.65. The molecule has 1 amide bonds. The molecule has 0 bridgehead atoms. The van der Waals surface area contributed by atoms with E-state index in [2.05, 4.69) is 5.32 Å². The van der Waals surface area contributed by atoms with Crippen LogP contribution in [0.4, 0.5) is 4.39 Å². The van der Waals surface area contributed by atoms with Crippen LogP contribution in [0.5, 0.6) is 5.75 Å². The molecule has 0 saturated carbocycles. The normalized spacial score (nSPS) is 13.7. The van der Waals surface area contributed by atoms with E-state index in [1.807, 2.05) is 0 Å². The van der Waals surface area contributed by atoms with E-state index in [0.29, 0.717) is 5.56 Å². The van der Waals surface area contributed by atoms with Gasteiger partial charge in [0.15, 0.2) is 11.6 Å². The first-order chi connectivity index (χ1) is 9.85. The molecule has 0 radical (unpaired) electrons. The van der Waals surface area contributed by atoms with Crippen molar-refractivity contribution in [3.63, 3.8) is 0 Å². The highest BCUT2D eigenvalue weighted by Gasteiger charge is 2.19. The van der Waals surface area contributed by atoms with Crippen LogP contribution in [0.3, 0.4) is 0 Å². The third kappa shape index (κ3) is 4.91. The Morgan fingerprint density at radius 3 is 2.57 bits per heavy atom.